The van der Waals surface area contributed by atoms with Crippen molar-refractivity contribution in [1.29, 1.82) is 0 Å². The number of fused-ring (bicyclic) bond motifs is 2. The zero-order chi connectivity index (χ0) is 20.5. The molecule has 0 radical (unpaired) electrons. The summed E-state index contributed by atoms with van der Waals surface area (Å²) in [7, 11) is 0. The molecular weight excluding hydrogens is 502 g/mol. The SMILES string of the molecule is Cc1ccc(NC(=O)[C@@H]2[C@H](C(=O)O)[C@]3(Cl)C(Cl)=C(Cl)[C@]2(Cl)C3(Cl)Cl)cc1Cl. The molecule has 1 aromatic rings. The highest BCUT2D eigenvalue weighted by atomic mass is 35.5. The van der Waals surface area contributed by atoms with Gasteiger partial charge in [0.2, 0.25) is 5.91 Å². The lowest BCUT2D eigenvalue weighted by Crippen LogP contribution is -2.47. The third-order valence-electron chi connectivity index (χ3n) is 4.92. The molecule has 0 aromatic heterocycles. The second kappa shape index (κ2) is 6.73. The normalized spacial score (nSPS) is 34.1. The number of carbonyl (C=O) groups excluding carboxylic acids is 1. The number of allylic oxidation sites excluding steroid dienone is 2. The van der Waals surface area contributed by atoms with Gasteiger partial charge in [-0.05, 0) is 24.6 Å². The summed E-state index contributed by atoms with van der Waals surface area (Å²) < 4.78 is -2.15. The molecule has 0 saturated heterocycles. The van der Waals surface area contributed by atoms with Crippen LogP contribution in [-0.4, -0.2) is 31.1 Å². The molecule has 4 nitrogen and oxygen atoms in total. The largest absolute Gasteiger partial charge is 0.481 e. The summed E-state index contributed by atoms with van der Waals surface area (Å²) in [4.78, 5) is 20.9. The van der Waals surface area contributed by atoms with Crippen molar-refractivity contribution >= 4 is 98.8 Å². The Balaban J connectivity index is 2.10. The molecule has 1 fully saturated rings. The maximum absolute atomic E-state index is 13.0. The number of hydrogen-bond acceptors (Lipinski definition) is 2. The molecule has 11 heteroatoms. The van der Waals surface area contributed by atoms with Crippen molar-refractivity contribution in [2.75, 3.05) is 5.32 Å². The minimum Gasteiger partial charge on any atom is -0.481 e. The molecule has 146 valence electrons. The van der Waals surface area contributed by atoms with Crippen molar-refractivity contribution in [2.45, 2.75) is 21.0 Å². The van der Waals surface area contributed by atoms with Gasteiger partial charge in [-0.25, -0.2) is 0 Å². The highest BCUT2D eigenvalue weighted by Gasteiger charge is 2.85. The Morgan fingerprint density at radius 2 is 1.52 bits per heavy atom. The topological polar surface area (TPSA) is 66.4 Å². The van der Waals surface area contributed by atoms with Crippen molar-refractivity contribution in [3.8, 4) is 0 Å². The van der Waals surface area contributed by atoms with E-state index in [1.54, 1.807) is 19.1 Å². The van der Waals surface area contributed by atoms with Crippen LogP contribution in [-0.2, 0) is 9.59 Å². The number of anilines is 1. The van der Waals surface area contributed by atoms with Gasteiger partial charge < -0.3 is 10.4 Å². The van der Waals surface area contributed by atoms with Crippen LogP contribution in [0, 0.1) is 18.8 Å². The first-order valence-corrected chi connectivity index (χ1v) is 10.1. The van der Waals surface area contributed by atoms with Crippen molar-refractivity contribution in [1.82, 2.24) is 0 Å². The Hall–Kier alpha value is -0.0700. The van der Waals surface area contributed by atoms with E-state index < -0.39 is 37.8 Å². The smallest absolute Gasteiger partial charge is 0.309 e. The van der Waals surface area contributed by atoms with E-state index in [9.17, 15) is 14.7 Å². The number of carboxylic acids is 1. The maximum Gasteiger partial charge on any atom is 0.309 e. The predicted molar refractivity (Wildman–Crippen MR) is 110 cm³/mol. The lowest BCUT2D eigenvalue weighted by atomic mass is 9.81. The lowest BCUT2D eigenvalue weighted by molar-refractivity contribution is -0.146. The first-order chi connectivity index (χ1) is 12.3. The molecular formula is C16H10Cl7NO3. The zero-order valence-electron chi connectivity index (χ0n) is 13.3. The number of aryl methyl sites for hydroxylation is 1. The third-order valence-corrected chi connectivity index (χ3v) is 9.59. The Morgan fingerprint density at radius 3 is 2.00 bits per heavy atom. The Bertz CT molecular complexity index is 902. The third kappa shape index (κ3) is 2.64. The number of aliphatic carboxylic acids is 1. The van der Waals surface area contributed by atoms with Gasteiger partial charge in [0.15, 0.2) is 4.33 Å². The van der Waals surface area contributed by atoms with E-state index in [0.29, 0.717) is 10.7 Å². The molecule has 1 aromatic carbocycles. The number of carbonyl (C=O) groups is 2. The number of carboxylic acid groups (broad SMARTS) is 1. The number of benzene rings is 1. The van der Waals surface area contributed by atoms with Gasteiger partial charge in [0.05, 0.1) is 21.9 Å². The summed E-state index contributed by atoms with van der Waals surface area (Å²) in [6, 6.07) is 4.79. The summed E-state index contributed by atoms with van der Waals surface area (Å²) in [5.74, 6) is -5.35. The molecule has 1 saturated carbocycles. The number of rotatable bonds is 3. The van der Waals surface area contributed by atoms with E-state index >= 15 is 0 Å². The molecule has 2 N–H and O–H groups in total. The average Bonchev–Trinajstić information content (AvgIpc) is 2.78. The van der Waals surface area contributed by atoms with Crippen molar-refractivity contribution in [3.05, 3.63) is 38.8 Å². The van der Waals surface area contributed by atoms with E-state index in [-0.39, 0.29) is 10.1 Å². The summed E-state index contributed by atoms with van der Waals surface area (Å²) in [6.07, 6.45) is 0. The summed E-state index contributed by atoms with van der Waals surface area (Å²) in [5, 5.41) is 12.2. The van der Waals surface area contributed by atoms with Crippen LogP contribution in [0.3, 0.4) is 0 Å². The molecule has 0 unspecified atom stereocenters. The van der Waals surface area contributed by atoms with Crippen LogP contribution in [0.25, 0.3) is 0 Å². The maximum atomic E-state index is 13.0. The zero-order valence-corrected chi connectivity index (χ0v) is 18.6. The minimum atomic E-state index is -2.15. The fourth-order valence-electron chi connectivity index (χ4n) is 3.52. The van der Waals surface area contributed by atoms with Gasteiger partial charge in [0.1, 0.15) is 9.75 Å². The van der Waals surface area contributed by atoms with E-state index in [1.165, 1.54) is 6.07 Å². The summed E-state index contributed by atoms with van der Waals surface area (Å²) >= 11 is 44.1. The molecule has 3 rings (SSSR count). The highest BCUT2D eigenvalue weighted by Crippen LogP contribution is 2.76. The van der Waals surface area contributed by atoms with Crippen molar-refractivity contribution in [3.63, 3.8) is 0 Å². The van der Waals surface area contributed by atoms with E-state index in [2.05, 4.69) is 5.32 Å². The van der Waals surface area contributed by atoms with Crippen LogP contribution in [0.5, 0.6) is 0 Å². The summed E-state index contributed by atoms with van der Waals surface area (Å²) in [5.41, 5.74) is 1.12. The van der Waals surface area contributed by atoms with Gasteiger partial charge >= 0.3 is 5.97 Å². The standard InChI is InChI=1S/C16H10Cl7NO3/c1-5-2-3-6(4-7(5)17)24-12(25)8-9(13(26)27)15(21)11(19)10(18)14(8,20)16(15,22)23/h2-4,8-9H,1H3,(H,24,25)(H,26,27)/t8-,9+,14-,15-/m0/s1. The van der Waals surface area contributed by atoms with E-state index in [1.807, 2.05) is 0 Å². The van der Waals surface area contributed by atoms with Gasteiger partial charge in [0, 0.05) is 10.7 Å². The number of alkyl halides is 4. The predicted octanol–water partition coefficient (Wildman–Crippen LogP) is 5.75. The van der Waals surface area contributed by atoms with E-state index in [4.69, 9.17) is 81.2 Å². The van der Waals surface area contributed by atoms with Gasteiger partial charge in [0.25, 0.3) is 0 Å². The Kier molecular flexibility index (Phi) is 5.39. The molecule has 0 aliphatic heterocycles. The van der Waals surface area contributed by atoms with Crippen LogP contribution < -0.4 is 5.32 Å². The molecule has 1 amide bonds. The fourth-order valence-corrected chi connectivity index (χ4v) is 6.63. The molecule has 27 heavy (non-hydrogen) atoms. The van der Waals surface area contributed by atoms with Crippen molar-refractivity contribution < 1.29 is 14.7 Å². The number of amides is 1. The number of halogens is 7. The van der Waals surface area contributed by atoms with Crippen LogP contribution >= 0.6 is 81.2 Å². The van der Waals surface area contributed by atoms with E-state index in [0.717, 1.165) is 5.56 Å². The van der Waals surface area contributed by atoms with Crippen LogP contribution in [0.15, 0.2) is 28.3 Å². The molecule has 0 heterocycles. The van der Waals surface area contributed by atoms with Gasteiger partial charge in [-0.2, -0.15) is 0 Å². The molecule has 2 aliphatic carbocycles. The average molecular weight is 512 g/mol. The Morgan fingerprint density at radius 1 is 1.00 bits per heavy atom. The highest BCUT2D eigenvalue weighted by molar-refractivity contribution is 6.66. The van der Waals surface area contributed by atoms with Crippen LogP contribution in [0.1, 0.15) is 5.56 Å². The molecule has 2 aliphatic rings. The fraction of sp³-hybridized carbons (Fsp3) is 0.375. The molecule has 4 atom stereocenters. The lowest BCUT2D eigenvalue weighted by Gasteiger charge is -2.33. The van der Waals surface area contributed by atoms with Gasteiger partial charge in [-0.15, -0.1) is 23.2 Å². The number of nitrogens with one attached hydrogen (secondary N) is 1. The molecule has 2 bridgehead atoms. The van der Waals surface area contributed by atoms with Gasteiger partial charge in [-0.3, -0.25) is 9.59 Å². The van der Waals surface area contributed by atoms with Gasteiger partial charge in [-0.1, -0.05) is 64.1 Å². The Labute approximate surface area is 189 Å². The first kappa shape index (κ1) is 21.6. The van der Waals surface area contributed by atoms with Crippen molar-refractivity contribution in [2.24, 2.45) is 11.8 Å². The number of hydrogen-bond donors (Lipinski definition) is 2. The van der Waals surface area contributed by atoms with Crippen LogP contribution in [0.4, 0.5) is 5.69 Å². The summed E-state index contributed by atoms with van der Waals surface area (Å²) in [6.45, 7) is 1.79. The molecule has 0 spiro atoms. The first-order valence-electron chi connectivity index (χ1n) is 7.43. The second-order valence-corrected chi connectivity index (χ2v) is 10.1. The minimum absolute atomic E-state index is 0.259. The second-order valence-electron chi connectivity index (χ2n) is 6.37. The van der Waals surface area contributed by atoms with Crippen LogP contribution in [0.2, 0.25) is 5.02 Å². The quantitative estimate of drug-likeness (QED) is 0.507. The monoisotopic (exact) mass is 509 g/mol.